The summed E-state index contributed by atoms with van der Waals surface area (Å²) in [5.41, 5.74) is 1.50. The lowest BCUT2D eigenvalue weighted by Gasteiger charge is -2.30. The highest BCUT2D eigenvalue weighted by molar-refractivity contribution is 7.80. The molecule has 0 fully saturated rings. The summed E-state index contributed by atoms with van der Waals surface area (Å²) in [6.07, 6.45) is 14.0. The summed E-state index contributed by atoms with van der Waals surface area (Å²) in [5, 5.41) is 0. The van der Waals surface area contributed by atoms with E-state index in [9.17, 15) is 0 Å². The van der Waals surface area contributed by atoms with Crippen molar-refractivity contribution in [2.24, 2.45) is 11.8 Å². The standard InChI is InChI=1S/C23H40S/c1-4-5-6-7-8-9-10-11-13-18-22(19-24)23(20(2)3)21-16-14-12-15-17-21/h12,14-17,20,22-24H,4-11,13,18-19H2,1-3H3. The van der Waals surface area contributed by atoms with Crippen molar-refractivity contribution in [3.05, 3.63) is 35.9 Å². The molecule has 0 spiro atoms. The summed E-state index contributed by atoms with van der Waals surface area (Å²) in [5.74, 6) is 3.05. The molecule has 0 saturated carbocycles. The van der Waals surface area contributed by atoms with Crippen LogP contribution in [0.2, 0.25) is 0 Å². The fourth-order valence-electron chi connectivity index (χ4n) is 3.98. The van der Waals surface area contributed by atoms with Gasteiger partial charge in [0.1, 0.15) is 0 Å². The van der Waals surface area contributed by atoms with Gasteiger partial charge in [-0.15, -0.1) is 0 Å². The molecule has 0 aliphatic rings. The van der Waals surface area contributed by atoms with Crippen LogP contribution >= 0.6 is 12.6 Å². The second-order valence-electron chi connectivity index (χ2n) is 7.74. The molecule has 0 aliphatic carbocycles. The predicted molar refractivity (Wildman–Crippen MR) is 113 cm³/mol. The van der Waals surface area contributed by atoms with Crippen LogP contribution in [0.1, 0.15) is 96.5 Å². The molecule has 24 heavy (non-hydrogen) atoms. The van der Waals surface area contributed by atoms with Gasteiger partial charge in [0.05, 0.1) is 0 Å². The van der Waals surface area contributed by atoms with Gasteiger partial charge in [0.2, 0.25) is 0 Å². The van der Waals surface area contributed by atoms with Crippen LogP contribution in [-0.4, -0.2) is 5.75 Å². The Morgan fingerprint density at radius 2 is 1.33 bits per heavy atom. The van der Waals surface area contributed by atoms with Crippen LogP contribution < -0.4 is 0 Å². The molecule has 1 heteroatoms. The van der Waals surface area contributed by atoms with E-state index in [1.165, 1.54) is 69.8 Å². The summed E-state index contributed by atoms with van der Waals surface area (Å²) in [7, 11) is 0. The van der Waals surface area contributed by atoms with Gasteiger partial charge in [-0.3, -0.25) is 0 Å². The maximum atomic E-state index is 4.69. The lowest BCUT2D eigenvalue weighted by atomic mass is 9.77. The number of hydrogen-bond donors (Lipinski definition) is 1. The van der Waals surface area contributed by atoms with Crippen LogP contribution in [0.4, 0.5) is 0 Å². The first-order valence-corrected chi connectivity index (χ1v) is 11.0. The minimum absolute atomic E-state index is 0.651. The van der Waals surface area contributed by atoms with Crippen molar-refractivity contribution >= 4 is 12.6 Å². The molecule has 0 bridgehead atoms. The largest absolute Gasteiger partial charge is 0.179 e. The predicted octanol–water partition coefficient (Wildman–Crippen LogP) is 7.89. The molecule has 1 aromatic rings. The van der Waals surface area contributed by atoms with Crippen molar-refractivity contribution in [2.75, 3.05) is 5.75 Å². The van der Waals surface area contributed by atoms with Crippen LogP contribution in [0.15, 0.2) is 30.3 Å². The molecule has 0 aliphatic heterocycles. The Labute approximate surface area is 157 Å². The van der Waals surface area contributed by atoms with E-state index in [-0.39, 0.29) is 0 Å². The zero-order valence-electron chi connectivity index (χ0n) is 16.3. The Hall–Kier alpha value is -0.430. The maximum Gasteiger partial charge on any atom is -0.00636 e. The third kappa shape index (κ3) is 8.60. The first kappa shape index (κ1) is 21.6. The number of thiol groups is 1. The van der Waals surface area contributed by atoms with Crippen LogP contribution in [0.25, 0.3) is 0 Å². The maximum absolute atomic E-state index is 4.69. The lowest BCUT2D eigenvalue weighted by molar-refractivity contribution is 0.341. The molecule has 0 nitrogen and oxygen atoms in total. The molecule has 0 aromatic heterocycles. The Balaban J connectivity index is 2.30. The van der Waals surface area contributed by atoms with Gasteiger partial charge in [0.15, 0.2) is 0 Å². The second-order valence-corrected chi connectivity index (χ2v) is 8.11. The molecule has 138 valence electrons. The Bertz CT molecular complexity index is 384. The smallest absolute Gasteiger partial charge is 0.00636 e. The van der Waals surface area contributed by atoms with E-state index < -0.39 is 0 Å². The molecule has 0 heterocycles. The van der Waals surface area contributed by atoms with Gasteiger partial charge in [0, 0.05) is 0 Å². The molecule has 0 amide bonds. The van der Waals surface area contributed by atoms with E-state index >= 15 is 0 Å². The van der Waals surface area contributed by atoms with Gasteiger partial charge >= 0.3 is 0 Å². The van der Waals surface area contributed by atoms with E-state index in [4.69, 9.17) is 12.6 Å². The Morgan fingerprint density at radius 1 is 0.792 bits per heavy atom. The molecule has 0 N–H and O–H groups in total. The number of unbranched alkanes of at least 4 members (excludes halogenated alkanes) is 8. The van der Waals surface area contributed by atoms with Gasteiger partial charge < -0.3 is 0 Å². The molecule has 1 aromatic carbocycles. The Kier molecular flexibility index (Phi) is 12.4. The lowest BCUT2D eigenvalue weighted by Crippen LogP contribution is -2.20. The SMILES string of the molecule is CCCCCCCCCCCC(CS)C(c1ccccc1)C(C)C. The molecular weight excluding hydrogens is 308 g/mol. The van der Waals surface area contributed by atoms with Crippen molar-refractivity contribution < 1.29 is 0 Å². The first-order valence-electron chi connectivity index (χ1n) is 10.4. The van der Waals surface area contributed by atoms with E-state index in [1.807, 2.05) is 0 Å². The van der Waals surface area contributed by atoms with E-state index in [0.717, 1.165) is 5.75 Å². The topological polar surface area (TPSA) is 0 Å². The zero-order valence-corrected chi connectivity index (χ0v) is 17.2. The summed E-state index contributed by atoms with van der Waals surface area (Å²) in [6.45, 7) is 7.02. The van der Waals surface area contributed by atoms with Crippen LogP contribution in [0.3, 0.4) is 0 Å². The highest BCUT2D eigenvalue weighted by Gasteiger charge is 2.24. The minimum atomic E-state index is 0.651. The third-order valence-corrected chi connectivity index (χ3v) is 5.79. The molecule has 0 radical (unpaired) electrons. The summed E-state index contributed by atoms with van der Waals surface area (Å²) < 4.78 is 0. The van der Waals surface area contributed by atoms with E-state index in [2.05, 4.69) is 51.1 Å². The van der Waals surface area contributed by atoms with Crippen LogP contribution in [0, 0.1) is 11.8 Å². The average Bonchev–Trinajstić information content (AvgIpc) is 2.59. The fourth-order valence-corrected chi connectivity index (χ4v) is 4.39. The second kappa shape index (κ2) is 13.8. The Morgan fingerprint density at radius 3 is 1.83 bits per heavy atom. The monoisotopic (exact) mass is 348 g/mol. The van der Waals surface area contributed by atoms with Crippen molar-refractivity contribution in [1.82, 2.24) is 0 Å². The molecular formula is C23H40S. The van der Waals surface area contributed by atoms with Gasteiger partial charge in [-0.2, -0.15) is 12.6 Å². The highest BCUT2D eigenvalue weighted by Crippen LogP contribution is 2.35. The third-order valence-electron chi connectivity index (χ3n) is 5.32. The van der Waals surface area contributed by atoms with Crippen LogP contribution in [0.5, 0.6) is 0 Å². The summed E-state index contributed by atoms with van der Waals surface area (Å²) >= 11 is 4.69. The summed E-state index contributed by atoms with van der Waals surface area (Å²) in [6, 6.07) is 11.1. The highest BCUT2D eigenvalue weighted by atomic mass is 32.1. The number of benzene rings is 1. The van der Waals surface area contributed by atoms with Gasteiger partial charge in [-0.25, -0.2) is 0 Å². The minimum Gasteiger partial charge on any atom is -0.179 e. The summed E-state index contributed by atoms with van der Waals surface area (Å²) in [4.78, 5) is 0. The van der Waals surface area contributed by atoms with Crippen molar-refractivity contribution in [3.8, 4) is 0 Å². The molecule has 2 unspecified atom stereocenters. The van der Waals surface area contributed by atoms with Gasteiger partial charge in [0.25, 0.3) is 0 Å². The van der Waals surface area contributed by atoms with Crippen molar-refractivity contribution in [3.63, 3.8) is 0 Å². The number of rotatable bonds is 14. The van der Waals surface area contributed by atoms with Crippen molar-refractivity contribution in [2.45, 2.75) is 90.9 Å². The van der Waals surface area contributed by atoms with Gasteiger partial charge in [-0.05, 0) is 35.5 Å². The zero-order chi connectivity index (χ0) is 17.6. The molecule has 0 saturated heterocycles. The van der Waals surface area contributed by atoms with E-state index in [0.29, 0.717) is 17.8 Å². The quantitative estimate of drug-likeness (QED) is 0.256. The van der Waals surface area contributed by atoms with E-state index in [1.54, 1.807) is 0 Å². The van der Waals surface area contributed by atoms with Crippen molar-refractivity contribution in [1.29, 1.82) is 0 Å². The van der Waals surface area contributed by atoms with Gasteiger partial charge in [-0.1, -0.05) is 109 Å². The fraction of sp³-hybridized carbons (Fsp3) is 0.739. The molecule has 2 atom stereocenters. The normalized spacial score (nSPS) is 14.0. The number of hydrogen-bond acceptors (Lipinski definition) is 1. The average molecular weight is 349 g/mol. The first-order chi connectivity index (χ1) is 11.7. The van der Waals surface area contributed by atoms with Crippen LogP contribution in [-0.2, 0) is 0 Å². The molecule has 1 rings (SSSR count).